The average molecular weight is 329 g/mol. The summed E-state index contributed by atoms with van der Waals surface area (Å²) in [5, 5.41) is 0.451. The van der Waals surface area contributed by atoms with E-state index in [0.717, 1.165) is 24.8 Å². The van der Waals surface area contributed by atoms with Crippen LogP contribution in [0.25, 0.3) is 0 Å². The number of halogens is 1. The summed E-state index contributed by atoms with van der Waals surface area (Å²) in [6, 6.07) is 5.15. The Labute approximate surface area is 131 Å². The molecule has 116 valence electrons. The second-order valence-electron chi connectivity index (χ2n) is 6.25. The Bertz CT molecular complexity index is 647. The van der Waals surface area contributed by atoms with Crippen LogP contribution < -0.4 is 5.73 Å². The van der Waals surface area contributed by atoms with E-state index in [2.05, 4.69) is 0 Å². The topological polar surface area (TPSA) is 63.4 Å². The molecule has 0 spiro atoms. The predicted octanol–water partition coefficient (Wildman–Crippen LogP) is 2.40. The number of aryl methyl sites for hydroxylation is 1. The Morgan fingerprint density at radius 3 is 2.76 bits per heavy atom. The van der Waals surface area contributed by atoms with Gasteiger partial charge in [-0.25, -0.2) is 8.42 Å². The van der Waals surface area contributed by atoms with E-state index in [1.54, 1.807) is 29.4 Å². The molecule has 3 atom stereocenters. The van der Waals surface area contributed by atoms with E-state index >= 15 is 0 Å². The van der Waals surface area contributed by atoms with Gasteiger partial charge < -0.3 is 5.73 Å². The molecule has 0 radical (unpaired) electrons. The molecule has 2 N–H and O–H groups in total. The van der Waals surface area contributed by atoms with E-state index < -0.39 is 10.0 Å². The second-order valence-corrected chi connectivity index (χ2v) is 8.59. The zero-order chi connectivity index (χ0) is 15.2. The van der Waals surface area contributed by atoms with Crippen LogP contribution in [-0.4, -0.2) is 31.9 Å². The zero-order valence-corrected chi connectivity index (χ0v) is 13.7. The fourth-order valence-electron chi connectivity index (χ4n) is 3.66. The summed E-state index contributed by atoms with van der Waals surface area (Å²) in [7, 11) is -3.48. The zero-order valence-electron chi connectivity index (χ0n) is 12.1. The van der Waals surface area contributed by atoms with Gasteiger partial charge in [-0.15, -0.1) is 0 Å². The van der Waals surface area contributed by atoms with Crippen molar-refractivity contribution in [3.8, 4) is 0 Å². The van der Waals surface area contributed by atoms with Gasteiger partial charge in [0.05, 0.1) is 4.90 Å². The first-order valence-corrected chi connectivity index (χ1v) is 9.23. The van der Waals surface area contributed by atoms with Crippen molar-refractivity contribution in [3.63, 3.8) is 0 Å². The number of fused-ring (bicyclic) bond motifs is 1. The number of sulfonamides is 1. The van der Waals surface area contributed by atoms with Gasteiger partial charge in [0.1, 0.15) is 0 Å². The fourth-order valence-corrected chi connectivity index (χ4v) is 5.68. The number of hydrogen-bond donors (Lipinski definition) is 1. The van der Waals surface area contributed by atoms with Crippen molar-refractivity contribution in [3.05, 3.63) is 28.8 Å². The minimum absolute atomic E-state index is 0.129. The smallest absolute Gasteiger partial charge is 0.243 e. The van der Waals surface area contributed by atoms with Crippen molar-refractivity contribution >= 4 is 21.6 Å². The summed E-state index contributed by atoms with van der Waals surface area (Å²) >= 11 is 5.97. The van der Waals surface area contributed by atoms with Gasteiger partial charge >= 0.3 is 0 Å². The Hall–Kier alpha value is -0.620. The van der Waals surface area contributed by atoms with Crippen LogP contribution in [-0.2, 0) is 10.0 Å². The lowest BCUT2D eigenvalue weighted by atomic mass is 9.78. The van der Waals surface area contributed by atoms with Crippen LogP contribution in [0.2, 0.25) is 5.02 Å². The predicted molar refractivity (Wildman–Crippen MR) is 83.8 cm³/mol. The van der Waals surface area contributed by atoms with Gasteiger partial charge in [-0.1, -0.05) is 24.1 Å². The average Bonchev–Trinajstić information content (AvgIpc) is 2.88. The van der Waals surface area contributed by atoms with Gasteiger partial charge in [0.2, 0.25) is 10.0 Å². The molecule has 1 saturated carbocycles. The van der Waals surface area contributed by atoms with Crippen LogP contribution >= 0.6 is 11.6 Å². The Morgan fingerprint density at radius 1 is 1.29 bits per heavy atom. The Kier molecular flexibility index (Phi) is 4.03. The summed E-state index contributed by atoms with van der Waals surface area (Å²) in [5.41, 5.74) is 6.91. The van der Waals surface area contributed by atoms with Crippen molar-refractivity contribution < 1.29 is 8.42 Å². The molecule has 3 unspecified atom stereocenters. The van der Waals surface area contributed by atoms with Gasteiger partial charge in [0.25, 0.3) is 0 Å². The number of rotatable bonds is 2. The molecule has 21 heavy (non-hydrogen) atoms. The van der Waals surface area contributed by atoms with Crippen LogP contribution in [0.3, 0.4) is 0 Å². The van der Waals surface area contributed by atoms with Gasteiger partial charge in [0.15, 0.2) is 0 Å². The van der Waals surface area contributed by atoms with Crippen LogP contribution in [0, 0.1) is 18.8 Å². The van der Waals surface area contributed by atoms with Crippen molar-refractivity contribution in [2.75, 3.05) is 13.1 Å². The normalized spacial score (nSPS) is 30.3. The highest BCUT2D eigenvalue weighted by Crippen LogP contribution is 2.38. The lowest BCUT2D eigenvalue weighted by Gasteiger charge is -2.29. The molecular weight excluding hydrogens is 308 g/mol. The first-order valence-electron chi connectivity index (χ1n) is 7.41. The highest BCUT2D eigenvalue weighted by molar-refractivity contribution is 7.89. The van der Waals surface area contributed by atoms with Crippen molar-refractivity contribution in [2.45, 2.75) is 37.1 Å². The van der Waals surface area contributed by atoms with E-state index in [-0.39, 0.29) is 6.04 Å². The maximum atomic E-state index is 12.9. The highest BCUT2D eigenvalue weighted by atomic mass is 35.5. The SMILES string of the molecule is Cc1ccc(Cl)cc1S(=O)(=O)N1CC2CCCC(N)C2C1. The quantitative estimate of drug-likeness (QED) is 0.906. The molecule has 3 rings (SSSR count). The summed E-state index contributed by atoms with van der Waals surface area (Å²) in [5.74, 6) is 0.705. The standard InChI is InChI=1S/C15H21ClN2O2S/c1-10-5-6-12(16)7-15(10)21(19,20)18-8-11-3-2-4-14(17)13(11)9-18/h5-7,11,13-14H,2-4,8-9,17H2,1H3. The Balaban J connectivity index is 1.91. The molecule has 2 fully saturated rings. The molecule has 0 amide bonds. The van der Waals surface area contributed by atoms with E-state index in [9.17, 15) is 8.42 Å². The lowest BCUT2D eigenvalue weighted by molar-refractivity contribution is 0.260. The van der Waals surface area contributed by atoms with E-state index in [1.165, 1.54) is 0 Å². The summed E-state index contributed by atoms with van der Waals surface area (Å²) in [6.45, 7) is 2.94. The van der Waals surface area contributed by atoms with E-state index in [1.807, 2.05) is 0 Å². The third kappa shape index (κ3) is 2.72. The first kappa shape index (κ1) is 15.3. The molecule has 1 saturated heterocycles. The summed E-state index contributed by atoms with van der Waals surface area (Å²) in [6.07, 6.45) is 3.19. The second kappa shape index (κ2) is 5.54. The van der Waals surface area contributed by atoms with Crippen LogP contribution in [0.5, 0.6) is 0 Å². The largest absolute Gasteiger partial charge is 0.327 e. The van der Waals surface area contributed by atoms with Gasteiger partial charge in [-0.2, -0.15) is 4.31 Å². The van der Waals surface area contributed by atoms with Gasteiger partial charge in [-0.05, 0) is 49.3 Å². The van der Waals surface area contributed by atoms with Crippen molar-refractivity contribution in [2.24, 2.45) is 17.6 Å². The van der Waals surface area contributed by atoms with Crippen LogP contribution in [0.4, 0.5) is 0 Å². The van der Waals surface area contributed by atoms with E-state index in [0.29, 0.717) is 34.8 Å². The number of hydrogen-bond acceptors (Lipinski definition) is 3. The maximum Gasteiger partial charge on any atom is 0.243 e. The highest BCUT2D eigenvalue weighted by Gasteiger charge is 2.43. The number of nitrogens with two attached hydrogens (primary N) is 1. The van der Waals surface area contributed by atoms with Gasteiger partial charge in [-0.3, -0.25) is 0 Å². The number of benzene rings is 1. The molecule has 0 aromatic heterocycles. The molecule has 2 aliphatic rings. The molecule has 4 nitrogen and oxygen atoms in total. The van der Waals surface area contributed by atoms with Gasteiger partial charge in [0, 0.05) is 24.2 Å². The molecule has 1 aliphatic heterocycles. The summed E-state index contributed by atoms with van der Waals surface area (Å²) < 4.78 is 27.4. The molecule has 6 heteroatoms. The third-order valence-electron chi connectivity index (χ3n) is 4.89. The van der Waals surface area contributed by atoms with E-state index in [4.69, 9.17) is 17.3 Å². The Morgan fingerprint density at radius 2 is 2.05 bits per heavy atom. The van der Waals surface area contributed by atoms with Crippen LogP contribution in [0.15, 0.2) is 23.1 Å². The maximum absolute atomic E-state index is 12.9. The van der Waals surface area contributed by atoms with Crippen LogP contribution in [0.1, 0.15) is 24.8 Å². The molecule has 1 aromatic carbocycles. The first-order chi connectivity index (χ1) is 9.89. The minimum Gasteiger partial charge on any atom is -0.327 e. The molecule has 1 heterocycles. The van der Waals surface area contributed by atoms with Crippen molar-refractivity contribution in [1.82, 2.24) is 4.31 Å². The molecule has 0 bridgehead atoms. The van der Waals surface area contributed by atoms with Crippen molar-refractivity contribution in [1.29, 1.82) is 0 Å². The number of nitrogens with zero attached hydrogens (tertiary/aromatic N) is 1. The molecule has 1 aliphatic carbocycles. The summed E-state index contributed by atoms with van der Waals surface area (Å²) in [4.78, 5) is 0.321. The third-order valence-corrected chi connectivity index (χ3v) is 7.10. The molecular formula is C15H21ClN2O2S. The lowest BCUT2D eigenvalue weighted by Crippen LogP contribution is -2.38. The molecule has 1 aromatic rings. The fraction of sp³-hybridized carbons (Fsp3) is 0.600. The minimum atomic E-state index is -3.48. The monoisotopic (exact) mass is 328 g/mol.